The van der Waals surface area contributed by atoms with E-state index in [4.69, 9.17) is 37.1 Å². The molecule has 1 aliphatic rings. The fourth-order valence-electron chi connectivity index (χ4n) is 2.18. The minimum atomic E-state index is -1.57. The molecule has 1 fully saturated rings. The van der Waals surface area contributed by atoms with E-state index in [2.05, 4.69) is 9.72 Å². The van der Waals surface area contributed by atoms with Crippen LogP contribution in [0.25, 0.3) is 10.9 Å². The zero-order valence-electron chi connectivity index (χ0n) is 11.9. The Morgan fingerprint density at radius 3 is 2.30 bits per heavy atom. The summed E-state index contributed by atoms with van der Waals surface area (Å²) in [5, 5.41) is 55.1. The predicted molar refractivity (Wildman–Crippen MR) is 81.0 cm³/mol. The molecule has 1 saturated heterocycles. The number of aromatic nitrogens is 1. The summed E-state index contributed by atoms with van der Waals surface area (Å²) < 4.78 is 4.58. The van der Waals surface area contributed by atoms with Gasteiger partial charge in [0.1, 0.15) is 29.6 Å². The molecule has 9 heteroatoms. The maximum atomic E-state index is 9.34. The standard InChI is InChI=1S/C8H6ClNO.C6H12O6/c9-8-7(11)5-3-1-2-4-6(5)10-8;7-1-2-3(8)4(9)5(10)6(11)12-2/h1-4,10-11H;2-11H,1H2/t;2-,3-,4+,5+,6+/m.1/s1. The number of aliphatic hydroxyl groups is 5. The Labute approximate surface area is 136 Å². The van der Waals surface area contributed by atoms with E-state index in [-0.39, 0.29) is 5.75 Å². The van der Waals surface area contributed by atoms with Crippen LogP contribution in [-0.2, 0) is 4.74 Å². The number of rotatable bonds is 1. The van der Waals surface area contributed by atoms with Crippen LogP contribution in [0.15, 0.2) is 24.3 Å². The van der Waals surface area contributed by atoms with Gasteiger partial charge in [0.25, 0.3) is 0 Å². The molecule has 0 unspecified atom stereocenters. The van der Waals surface area contributed by atoms with Gasteiger partial charge in [-0.15, -0.1) is 0 Å². The normalized spacial score (nSPS) is 30.8. The van der Waals surface area contributed by atoms with Gasteiger partial charge in [0.2, 0.25) is 0 Å². The lowest BCUT2D eigenvalue weighted by Gasteiger charge is -2.37. The number of fused-ring (bicyclic) bond motifs is 1. The van der Waals surface area contributed by atoms with Gasteiger partial charge < -0.3 is 40.4 Å². The van der Waals surface area contributed by atoms with Crippen LogP contribution in [0.4, 0.5) is 0 Å². The van der Waals surface area contributed by atoms with E-state index >= 15 is 0 Å². The number of hydrogen-bond acceptors (Lipinski definition) is 7. The van der Waals surface area contributed by atoms with E-state index in [0.717, 1.165) is 10.9 Å². The molecule has 2 aromatic rings. The Kier molecular flexibility index (Phi) is 5.82. The highest BCUT2D eigenvalue weighted by molar-refractivity contribution is 6.32. The molecule has 0 bridgehead atoms. The summed E-state index contributed by atoms with van der Waals surface area (Å²) in [5.74, 6) is 0.127. The number of ether oxygens (including phenoxy) is 1. The number of hydrogen-bond donors (Lipinski definition) is 7. The van der Waals surface area contributed by atoms with Crippen LogP contribution in [0.3, 0.4) is 0 Å². The van der Waals surface area contributed by atoms with Crippen LogP contribution in [0.2, 0.25) is 5.15 Å². The molecule has 0 amide bonds. The second kappa shape index (κ2) is 7.45. The maximum absolute atomic E-state index is 9.34. The van der Waals surface area contributed by atoms with Gasteiger partial charge in [-0.05, 0) is 12.1 Å². The third-order valence-corrected chi connectivity index (χ3v) is 3.78. The Hall–Kier alpha value is -1.39. The van der Waals surface area contributed by atoms with Gasteiger partial charge >= 0.3 is 0 Å². The molecule has 3 rings (SSSR count). The van der Waals surface area contributed by atoms with Crippen molar-refractivity contribution in [2.45, 2.75) is 30.7 Å². The average molecular weight is 348 g/mol. The second-order valence-corrected chi connectivity index (χ2v) is 5.43. The van der Waals surface area contributed by atoms with Crippen LogP contribution in [0.5, 0.6) is 5.75 Å². The van der Waals surface area contributed by atoms with Gasteiger partial charge in [-0.2, -0.15) is 0 Å². The zero-order chi connectivity index (χ0) is 17.1. The van der Waals surface area contributed by atoms with Gasteiger partial charge in [-0.25, -0.2) is 0 Å². The van der Waals surface area contributed by atoms with Gasteiger partial charge in [0.15, 0.2) is 12.0 Å². The van der Waals surface area contributed by atoms with Gasteiger partial charge in [-0.1, -0.05) is 23.7 Å². The highest BCUT2D eigenvalue weighted by Crippen LogP contribution is 2.31. The molecular weight excluding hydrogens is 330 g/mol. The van der Waals surface area contributed by atoms with Crippen molar-refractivity contribution in [3.05, 3.63) is 29.4 Å². The molecule has 5 atom stereocenters. The summed E-state index contributed by atoms with van der Waals surface area (Å²) in [5.41, 5.74) is 0.856. The number of aromatic hydroxyl groups is 1. The Bertz CT molecular complexity index is 644. The highest BCUT2D eigenvalue weighted by atomic mass is 35.5. The number of nitrogens with one attached hydrogen (secondary N) is 1. The SMILES string of the molecule is OC[C@H]1O[C@H](O)[C@@H](O)[C@@H](O)[C@@H]1O.Oc1c(Cl)[nH]c2ccccc12. The highest BCUT2D eigenvalue weighted by Gasteiger charge is 2.42. The molecule has 0 spiro atoms. The number of H-pyrrole nitrogens is 1. The van der Waals surface area contributed by atoms with Crippen LogP contribution in [0, 0.1) is 0 Å². The molecule has 23 heavy (non-hydrogen) atoms. The number of aromatic amines is 1. The van der Waals surface area contributed by atoms with E-state index < -0.39 is 37.3 Å². The first-order valence-corrected chi connectivity index (χ1v) is 7.18. The van der Waals surface area contributed by atoms with Crippen molar-refractivity contribution in [2.75, 3.05) is 6.61 Å². The largest absolute Gasteiger partial charge is 0.504 e. The van der Waals surface area contributed by atoms with Crippen molar-refractivity contribution in [3.8, 4) is 5.75 Å². The summed E-state index contributed by atoms with van der Waals surface area (Å²) >= 11 is 5.65. The molecule has 7 N–H and O–H groups in total. The first-order valence-electron chi connectivity index (χ1n) is 6.80. The fraction of sp³-hybridized carbons (Fsp3) is 0.429. The van der Waals surface area contributed by atoms with Crippen molar-refractivity contribution in [2.24, 2.45) is 0 Å². The van der Waals surface area contributed by atoms with Crippen molar-refractivity contribution >= 4 is 22.5 Å². The molecule has 1 aliphatic heterocycles. The maximum Gasteiger partial charge on any atom is 0.184 e. The molecule has 8 nitrogen and oxygen atoms in total. The Balaban J connectivity index is 0.000000167. The Morgan fingerprint density at radius 2 is 1.70 bits per heavy atom. The predicted octanol–water partition coefficient (Wildman–Crippen LogP) is -0.695. The second-order valence-electron chi connectivity index (χ2n) is 5.05. The number of aliphatic hydroxyl groups excluding tert-OH is 5. The van der Waals surface area contributed by atoms with E-state index in [0.29, 0.717) is 5.15 Å². The van der Waals surface area contributed by atoms with Crippen molar-refractivity contribution in [3.63, 3.8) is 0 Å². The van der Waals surface area contributed by atoms with Crippen molar-refractivity contribution in [1.29, 1.82) is 0 Å². The third kappa shape index (κ3) is 3.75. The van der Waals surface area contributed by atoms with E-state index in [1.165, 1.54) is 0 Å². The molecule has 0 aliphatic carbocycles. The van der Waals surface area contributed by atoms with Crippen molar-refractivity contribution < 1.29 is 35.4 Å². The molecule has 0 radical (unpaired) electrons. The summed E-state index contributed by atoms with van der Waals surface area (Å²) in [6, 6.07) is 7.41. The number of halogens is 1. The zero-order valence-corrected chi connectivity index (χ0v) is 12.6. The molecule has 1 aromatic carbocycles. The lowest BCUT2D eigenvalue weighted by Crippen LogP contribution is -2.58. The van der Waals surface area contributed by atoms with Crippen LogP contribution < -0.4 is 0 Å². The summed E-state index contributed by atoms with van der Waals surface area (Å²) in [6.07, 6.45) is -7.04. The minimum absolute atomic E-state index is 0.127. The lowest BCUT2D eigenvalue weighted by atomic mass is 10.00. The molecule has 2 heterocycles. The monoisotopic (exact) mass is 347 g/mol. The van der Waals surface area contributed by atoms with E-state index in [1.54, 1.807) is 0 Å². The average Bonchev–Trinajstić information content (AvgIpc) is 2.84. The lowest BCUT2D eigenvalue weighted by molar-refractivity contribution is -0.286. The molecule has 0 saturated carbocycles. The molecule has 1 aromatic heterocycles. The van der Waals surface area contributed by atoms with Crippen LogP contribution >= 0.6 is 11.6 Å². The summed E-state index contributed by atoms with van der Waals surface area (Å²) in [4.78, 5) is 2.84. The summed E-state index contributed by atoms with van der Waals surface area (Å²) in [7, 11) is 0. The topological polar surface area (TPSA) is 146 Å². The minimum Gasteiger partial charge on any atom is -0.504 e. The van der Waals surface area contributed by atoms with Gasteiger partial charge in [0.05, 0.1) is 12.1 Å². The number of para-hydroxylation sites is 1. The molecular formula is C14H18ClNO7. The number of benzene rings is 1. The fourth-order valence-corrected chi connectivity index (χ4v) is 2.38. The third-order valence-electron chi connectivity index (χ3n) is 3.50. The van der Waals surface area contributed by atoms with E-state index in [9.17, 15) is 5.11 Å². The van der Waals surface area contributed by atoms with Crippen molar-refractivity contribution in [1.82, 2.24) is 4.98 Å². The summed E-state index contributed by atoms with van der Waals surface area (Å²) in [6.45, 7) is -0.526. The first-order chi connectivity index (χ1) is 10.9. The van der Waals surface area contributed by atoms with Crippen LogP contribution in [0.1, 0.15) is 0 Å². The quantitative estimate of drug-likeness (QED) is 0.361. The Morgan fingerprint density at radius 1 is 1.04 bits per heavy atom. The van der Waals surface area contributed by atoms with Crippen LogP contribution in [-0.4, -0.2) is 72.9 Å². The first kappa shape index (κ1) is 18.0. The van der Waals surface area contributed by atoms with Gasteiger partial charge in [-0.3, -0.25) is 0 Å². The molecule has 128 valence electrons. The smallest absolute Gasteiger partial charge is 0.184 e. The van der Waals surface area contributed by atoms with Gasteiger partial charge in [0, 0.05) is 5.39 Å². The van der Waals surface area contributed by atoms with E-state index in [1.807, 2.05) is 24.3 Å².